The van der Waals surface area contributed by atoms with Gasteiger partial charge in [0, 0.05) is 24.8 Å². The molecule has 1 amide bonds. The molecule has 1 atom stereocenters. The van der Waals surface area contributed by atoms with Crippen LogP contribution in [0.25, 0.3) is 0 Å². The number of halogens is 3. The van der Waals surface area contributed by atoms with Crippen LogP contribution in [0.1, 0.15) is 32.9 Å². The fourth-order valence-electron chi connectivity index (χ4n) is 2.29. The summed E-state index contributed by atoms with van der Waals surface area (Å²) in [5.41, 5.74) is -1.31. The lowest BCUT2D eigenvalue weighted by Crippen LogP contribution is -2.44. The van der Waals surface area contributed by atoms with E-state index in [1.54, 1.807) is 4.90 Å². The highest BCUT2D eigenvalue weighted by Crippen LogP contribution is 2.29. The minimum absolute atomic E-state index is 0.0147. The van der Waals surface area contributed by atoms with Crippen LogP contribution in [0.3, 0.4) is 0 Å². The van der Waals surface area contributed by atoms with Crippen LogP contribution in [-0.4, -0.2) is 34.5 Å². The quantitative estimate of drug-likeness (QED) is 0.909. The van der Waals surface area contributed by atoms with E-state index in [9.17, 15) is 18.0 Å². The zero-order chi connectivity index (χ0) is 16.5. The molecule has 22 heavy (non-hydrogen) atoms. The lowest BCUT2D eigenvalue weighted by Gasteiger charge is -2.23. The van der Waals surface area contributed by atoms with Gasteiger partial charge in [-0.3, -0.25) is 4.79 Å². The minimum Gasteiger partial charge on any atom is -0.351 e. The van der Waals surface area contributed by atoms with E-state index in [0.717, 1.165) is 12.3 Å². The summed E-state index contributed by atoms with van der Waals surface area (Å²) in [5.74, 6) is -0.347. The van der Waals surface area contributed by atoms with E-state index < -0.39 is 11.9 Å². The van der Waals surface area contributed by atoms with Crippen molar-refractivity contribution in [1.82, 2.24) is 15.3 Å². The van der Waals surface area contributed by atoms with Crippen LogP contribution in [0.4, 0.5) is 19.1 Å². The van der Waals surface area contributed by atoms with Gasteiger partial charge >= 0.3 is 6.18 Å². The predicted octanol–water partition coefficient (Wildman–Crippen LogP) is 2.24. The van der Waals surface area contributed by atoms with Gasteiger partial charge in [0.15, 0.2) is 0 Å². The van der Waals surface area contributed by atoms with Crippen LogP contribution in [0.2, 0.25) is 0 Å². The summed E-state index contributed by atoms with van der Waals surface area (Å²) in [6.07, 6.45) is -2.84. The van der Waals surface area contributed by atoms with Crippen molar-refractivity contribution in [3.05, 3.63) is 18.0 Å². The molecule has 1 aromatic heterocycles. The summed E-state index contributed by atoms with van der Waals surface area (Å²) in [5, 5.41) is 2.88. The monoisotopic (exact) mass is 316 g/mol. The largest absolute Gasteiger partial charge is 0.433 e. The Hall–Kier alpha value is -1.86. The highest BCUT2D eigenvalue weighted by atomic mass is 19.4. The van der Waals surface area contributed by atoms with Gasteiger partial charge in [-0.05, 0) is 33.3 Å². The Bertz CT molecular complexity index is 554. The Morgan fingerprint density at radius 3 is 2.64 bits per heavy atom. The molecule has 1 unspecified atom stereocenters. The molecular formula is C14H19F3N4O. The van der Waals surface area contributed by atoms with Gasteiger partial charge in [-0.15, -0.1) is 0 Å². The number of carbonyl (C=O) groups is 1. The van der Waals surface area contributed by atoms with Crippen LogP contribution in [0, 0.1) is 5.92 Å². The van der Waals surface area contributed by atoms with E-state index in [0.29, 0.717) is 19.5 Å². The summed E-state index contributed by atoms with van der Waals surface area (Å²) in [4.78, 5) is 21.2. The molecule has 0 radical (unpaired) electrons. The molecule has 5 nitrogen and oxygen atoms in total. The first-order chi connectivity index (χ1) is 10.1. The molecule has 0 spiro atoms. The summed E-state index contributed by atoms with van der Waals surface area (Å²) in [7, 11) is 0. The molecule has 1 N–H and O–H groups in total. The van der Waals surface area contributed by atoms with Crippen molar-refractivity contribution in [2.45, 2.75) is 38.9 Å². The molecule has 1 aromatic rings. The van der Waals surface area contributed by atoms with Gasteiger partial charge in [-0.2, -0.15) is 13.2 Å². The van der Waals surface area contributed by atoms with Gasteiger partial charge in [0.1, 0.15) is 5.69 Å². The van der Waals surface area contributed by atoms with Crippen molar-refractivity contribution in [3.63, 3.8) is 0 Å². The Kier molecular flexibility index (Phi) is 4.30. The number of amides is 1. The third-order valence-electron chi connectivity index (χ3n) is 3.27. The number of aromatic nitrogens is 2. The van der Waals surface area contributed by atoms with Gasteiger partial charge in [0.2, 0.25) is 11.9 Å². The molecule has 1 saturated heterocycles. The molecular weight excluding hydrogens is 297 g/mol. The molecule has 0 aromatic carbocycles. The Morgan fingerprint density at radius 1 is 1.36 bits per heavy atom. The van der Waals surface area contributed by atoms with E-state index in [-0.39, 0.29) is 23.3 Å². The van der Waals surface area contributed by atoms with Gasteiger partial charge < -0.3 is 10.2 Å². The van der Waals surface area contributed by atoms with Crippen molar-refractivity contribution in [3.8, 4) is 0 Å². The Labute approximate surface area is 126 Å². The average Bonchev–Trinajstić information content (AvgIpc) is 2.85. The second-order valence-corrected chi connectivity index (χ2v) is 6.41. The highest BCUT2D eigenvalue weighted by Gasteiger charge is 2.35. The Morgan fingerprint density at radius 2 is 2.05 bits per heavy atom. The molecule has 8 heteroatoms. The predicted molar refractivity (Wildman–Crippen MR) is 75.2 cm³/mol. The maximum atomic E-state index is 12.7. The molecule has 122 valence electrons. The number of hydrogen-bond acceptors (Lipinski definition) is 4. The molecule has 2 heterocycles. The number of alkyl halides is 3. The molecule has 1 aliphatic rings. The summed E-state index contributed by atoms with van der Waals surface area (Å²) in [6.45, 7) is 6.43. The zero-order valence-electron chi connectivity index (χ0n) is 12.7. The maximum Gasteiger partial charge on any atom is 0.433 e. The van der Waals surface area contributed by atoms with Gasteiger partial charge in [0.25, 0.3) is 0 Å². The minimum atomic E-state index is -4.50. The first-order valence-electron chi connectivity index (χ1n) is 7.03. The van der Waals surface area contributed by atoms with Crippen molar-refractivity contribution >= 4 is 11.9 Å². The smallest absolute Gasteiger partial charge is 0.351 e. The van der Waals surface area contributed by atoms with Crippen molar-refractivity contribution < 1.29 is 18.0 Å². The fraction of sp³-hybridized carbons (Fsp3) is 0.643. The summed E-state index contributed by atoms with van der Waals surface area (Å²) < 4.78 is 38.0. The molecule has 1 aliphatic heterocycles. The highest BCUT2D eigenvalue weighted by molar-refractivity contribution is 5.80. The lowest BCUT2D eigenvalue weighted by molar-refractivity contribution is -0.141. The number of nitrogens with zero attached hydrogens (tertiary/aromatic N) is 3. The Balaban J connectivity index is 2.06. The SMILES string of the molecule is CC(C)(C)NC(=O)C1CCN(c2nccc(C(F)(F)F)n2)C1. The first-order valence-corrected chi connectivity index (χ1v) is 7.03. The van der Waals surface area contributed by atoms with E-state index in [4.69, 9.17) is 0 Å². The molecule has 2 rings (SSSR count). The fourth-order valence-corrected chi connectivity index (χ4v) is 2.29. The topological polar surface area (TPSA) is 58.1 Å². The van der Waals surface area contributed by atoms with E-state index in [1.807, 2.05) is 20.8 Å². The second kappa shape index (κ2) is 5.73. The van der Waals surface area contributed by atoms with Gasteiger partial charge in [-0.1, -0.05) is 0 Å². The molecule has 1 fully saturated rings. The number of hydrogen-bond donors (Lipinski definition) is 1. The molecule has 0 bridgehead atoms. The van der Waals surface area contributed by atoms with E-state index in [2.05, 4.69) is 15.3 Å². The van der Waals surface area contributed by atoms with Crippen LogP contribution < -0.4 is 10.2 Å². The third-order valence-corrected chi connectivity index (χ3v) is 3.27. The number of anilines is 1. The number of rotatable bonds is 2. The first kappa shape index (κ1) is 16.5. The van der Waals surface area contributed by atoms with Crippen LogP contribution in [-0.2, 0) is 11.0 Å². The van der Waals surface area contributed by atoms with Gasteiger partial charge in [0.05, 0.1) is 5.92 Å². The third kappa shape index (κ3) is 4.08. The van der Waals surface area contributed by atoms with Crippen molar-refractivity contribution in [1.29, 1.82) is 0 Å². The van der Waals surface area contributed by atoms with E-state index >= 15 is 0 Å². The van der Waals surface area contributed by atoms with E-state index in [1.165, 1.54) is 0 Å². The van der Waals surface area contributed by atoms with Gasteiger partial charge in [-0.25, -0.2) is 9.97 Å². The standard InChI is InChI=1S/C14H19F3N4O/c1-13(2,3)20-11(22)9-5-7-21(8-9)12-18-6-4-10(19-12)14(15,16)17/h4,6,9H,5,7-8H2,1-3H3,(H,20,22). The number of nitrogens with one attached hydrogen (secondary N) is 1. The molecule has 0 saturated carbocycles. The lowest BCUT2D eigenvalue weighted by atomic mass is 10.0. The van der Waals surface area contributed by atoms with Crippen molar-refractivity contribution in [2.24, 2.45) is 5.92 Å². The van der Waals surface area contributed by atoms with Crippen LogP contribution in [0.15, 0.2) is 12.3 Å². The molecule has 0 aliphatic carbocycles. The second-order valence-electron chi connectivity index (χ2n) is 6.41. The maximum absolute atomic E-state index is 12.7. The average molecular weight is 316 g/mol. The summed E-state index contributed by atoms with van der Waals surface area (Å²) in [6, 6.07) is 0.837. The van der Waals surface area contributed by atoms with Crippen molar-refractivity contribution in [2.75, 3.05) is 18.0 Å². The van der Waals surface area contributed by atoms with Crippen LogP contribution in [0.5, 0.6) is 0 Å². The zero-order valence-corrected chi connectivity index (χ0v) is 12.7. The van der Waals surface area contributed by atoms with Crippen LogP contribution >= 0.6 is 0 Å². The number of carbonyl (C=O) groups excluding carboxylic acids is 1. The summed E-state index contributed by atoms with van der Waals surface area (Å²) >= 11 is 0. The normalized spacial score (nSPS) is 19.4.